The van der Waals surface area contributed by atoms with E-state index in [9.17, 15) is 23.4 Å². The maximum absolute atomic E-state index is 13.4. The molecule has 6 atom stereocenters. The van der Waals surface area contributed by atoms with Gasteiger partial charge in [0.25, 0.3) is 5.91 Å². The van der Waals surface area contributed by atoms with Crippen LogP contribution in [0.25, 0.3) is 0 Å². The van der Waals surface area contributed by atoms with Gasteiger partial charge in [-0.1, -0.05) is 49.2 Å². The maximum Gasteiger partial charge on any atom is 0.264 e. The minimum Gasteiger partial charge on any atom is -0.490 e. The number of unbranched alkanes of at least 4 members (excludes halogenated alkanes) is 1. The van der Waals surface area contributed by atoms with E-state index in [4.69, 9.17) is 16.3 Å². The van der Waals surface area contributed by atoms with Gasteiger partial charge in [0.1, 0.15) is 11.0 Å². The summed E-state index contributed by atoms with van der Waals surface area (Å²) in [4.78, 5) is 15.7. The number of nitrogens with zero attached hydrogens (tertiary/aromatic N) is 1. The number of carbonyl (C=O) groups excluding carboxylic acids is 1. The summed E-state index contributed by atoms with van der Waals surface area (Å²) in [5.74, 6) is 0.235. The Morgan fingerprint density at radius 2 is 2.04 bits per heavy atom. The number of rotatable bonds is 12. The summed E-state index contributed by atoms with van der Waals surface area (Å²) < 4.78 is 34.6. The van der Waals surface area contributed by atoms with Gasteiger partial charge in [-0.05, 0) is 105 Å². The molecule has 1 heterocycles. The van der Waals surface area contributed by atoms with Gasteiger partial charge in [0.2, 0.25) is 10.0 Å². The molecular formula is C36H47ClN2O6S. The van der Waals surface area contributed by atoms with Crippen molar-refractivity contribution in [3.8, 4) is 5.75 Å². The van der Waals surface area contributed by atoms with Gasteiger partial charge in [0.05, 0.1) is 24.5 Å². The van der Waals surface area contributed by atoms with Crippen LogP contribution in [0.1, 0.15) is 80.3 Å². The Bertz CT molecular complexity index is 1560. The molecule has 8 nitrogen and oxygen atoms in total. The first kappa shape index (κ1) is 34.5. The standard InChI is InChI=1S/C36H47ClN2O6S/c1-4-6-7-11-33(41)29-15-12-27(29)21-39-22-36(18-8-10-25-19-28(37)14-16-30(25)36)23-45-34-17-13-26(20-31(34)39)35(42)38-46(43,44)24(3)32(40)9-5-2/h5,7,11,13-14,16-17,19-20,24,27,29,32-33,40-41H,2,4,6,8-10,12,15,18,21-23H2,1,3H3,(H,38,42)/b11-7+/t24-,27+,29-,32-,33+,36+/m1/s1. The molecule has 2 aliphatic carbocycles. The van der Waals surface area contributed by atoms with Crippen LogP contribution in [0.5, 0.6) is 5.75 Å². The first-order valence-corrected chi connectivity index (χ1v) is 18.4. The Balaban J connectivity index is 1.47. The molecule has 250 valence electrons. The van der Waals surface area contributed by atoms with E-state index in [1.54, 1.807) is 18.2 Å². The number of amides is 1. The number of benzene rings is 2. The molecule has 46 heavy (non-hydrogen) atoms. The lowest BCUT2D eigenvalue weighted by Crippen LogP contribution is -2.49. The molecule has 1 amide bonds. The average Bonchev–Trinajstić information content (AvgIpc) is 3.15. The lowest BCUT2D eigenvalue weighted by atomic mass is 9.68. The normalized spacial score (nSPS) is 24.6. The number of sulfonamides is 1. The van der Waals surface area contributed by atoms with Crippen molar-refractivity contribution >= 4 is 33.2 Å². The molecule has 0 bridgehead atoms. The largest absolute Gasteiger partial charge is 0.490 e. The van der Waals surface area contributed by atoms with Gasteiger partial charge in [0.15, 0.2) is 0 Å². The summed E-state index contributed by atoms with van der Waals surface area (Å²) in [5, 5.41) is 20.8. The summed E-state index contributed by atoms with van der Waals surface area (Å²) in [6, 6.07) is 11.1. The second-order valence-corrected chi connectivity index (χ2v) is 15.7. The summed E-state index contributed by atoms with van der Waals surface area (Å²) in [6.07, 6.45) is 10.6. The van der Waals surface area contributed by atoms with Crippen LogP contribution in [0.2, 0.25) is 5.02 Å². The Labute approximate surface area is 278 Å². The van der Waals surface area contributed by atoms with E-state index in [-0.39, 0.29) is 29.2 Å². The summed E-state index contributed by atoms with van der Waals surface area (Å²) >= 11 is 6.40. The van der Waals surface area contributed by atoms with Gasteiger partial charge in [-0.15, -0.1) is 6.58 Å². The van der Waals surface area contributed by atoms with Crippen LogP contribution in [0, 0.1) is 11.8 Å². The third kappa shape index (κ3) is 7.33. The zero-order valence-corrected chi connectivity index (χ0v) is 28.4. The lowest BCUT2D eigenvalue weighted by molar-refractivity contribution is 0.0456. The number of hydrogen-bond acceptors (Lipinski definition) is 7. The van der Waals surface area contributed by atoms with E-state index in [0.29, 0.717) is 30.5 Å². The molecule has 0 saturated heterocycles. The number of fused-ring (bicyclic) bond motifs is 3. The molecule has 3 N–H and O–H groups in total. The van der Waals surface area contributed by atoms with Crippen LogP contribution in [-0.4, -0.2) is 61.7 Å². The van der Waals surface area contributed by atoms with E-state index in [2.05, 4.69) is 41.3 Å². The van der Waals surface area contributed by atoms with Crippen molar-refractivity contribution in [1.82, 2.24) is 4.72 Å². The van der Waals surface area contributed by atoms with Gasteiger partial charge in [-0.2, -0.15) is 0 Å². The molecule has 0 aromatic heterocycles. The number of anilines is 1. The van der Waals surface area contributed by atoms with Crippen molar-refractivity contribution < 1.29 is 28.2 Å². The zero-order chi connectivity index (χ0) is 33.1. The number of ether oxygens (including phenoxy) is 1. The number of nitrogens with one attached hydrogen (secondary N) is 1. The summed E-state index contributed by atoms with van der Waals surface area (Å²) in [6.45, 7) is 8.81. The monoisotopic (exact) mass is 670 g/mol. The summed E-state index contributed by atoms with van der Waals surface area (Å²) in [5.41, 5.74) is 3.05. The number of aliphatic hydroxyl groups excluding tert-OH is 2. The second-order valence-electron chi connectivity index (χ2n) is 13.3. The molecule has 1 spiro atoms. The van der Waals surface area contributed by atoms with Gasteiger partial charge in [-0.3, -0.25) is 4.79 Å². The molecule has 10 heteroatoms. The minimum atomic E-state index is -4.16. The summed E-state index contributed by atoms with van der Waals surface area (Å²) in [7, 11) is -4.16. The first-order valence-electron chi connectivity index (χ1n) is 16.5. The van der Waals surface area contributed by atoms with Gasteiger partial charge in [0, 0.05) is 29.1 Å². The van der Waals surface area contributed by atoms with E-state index < -0.39 is 33.4 Å². The Morgan fingerprint density at radius 3 is 2.76 bits per heavy atom. The van der Waals surface area contributed by atoms with Crippen LogP contribution >= 0.6 is 11.6 Å². The van der Waals surface area contributed by atoms with Crippen molar-refractivity contribution in [1.29, 1.82) is 0 Å². The quantitative estimate of drug-likeness (QED) is 0.239. The number of aryl methyl sites for hydroxylation is 1. The molecule has 0 unspecified atom stereocenters. The predicted molar refractivity (Wildman–Crippen MR) is 183 cm³/mol. The molecule has 1 saturated carbocycles. The number of halogens is 1. The molecule has 2 aromatic carbocycles. The van der Waals surface area contributed by atoms with Crippen LogP contribution in [-0.2, 0) is 21.9 Å². The van der Waals surface area contributed by atoms with E-state index in [0.717, 1.165) is 50.6 Å². The topological polar surface area (TPSA) is 116 Å². The highest BCUT2D eigenvalue weighted by Crippen LogP contribution is 2.46. The highest BCUT2D eigenvalue weighted by molar-refractivity contribution is 7.90. The molecule has 2 aromatic rings. The Kier molecular flexibility index (Phi) is 10.9. The molecule has 3 aliphatic rings. The smallest absolute Gasteiger partial charge is 0.264 e. The zero-order valence-electron chi connectivity index (χ0n) is 26.8. The third-order valence-electron chi connectivity index (χ3n) is 10.1. The van der Waals surface area contributed by atoms with Crippen molar-refractivity contribution in [3.05, 3.63) is 82.9 Å². The molecular weight excluding hydrogens is 624 g/mol. The number of allylic oxidation sites excluding steroid dienone is 1. The molecule has 5 rings (SSSR count). The number of hydrogen-bond donors (Lipinski definition) is 3. The van der Waals surface area contributed by atoms with Gasteiger partial charge < -0.3 is 19.8 Å². The lowest BCUT2D eigenvalue weighted by Gasteiger charge is -2.45. The highest BCUT2D eigenvalue weighted by Gasteiger charge is 2.44. The Hall–Kier alpha value is -2.85. The van der Waals surface area contributed by atoms with Gasteiger partial charge >= 0.3 is 0 Å². The van der Waals surface area contributed by atoms with Crippen molar-refractivity contribution in [2.75, 3.05) is 24.6 Å². The first-order chi connectivity index (χ1) is 22.0. The van der Waals surface area contributed by atoms with E-state index in [1.807, 2.05) is 12.1 Å². The fourth-order valence-corrected chi connectivity index (χ4v) is 8.49. The predicted octanol–water partition coefficient (Wildman–Crippen LogP) is 5.94. The maximum atomic E-state index is 13.4. The van der Waals surface area contributed by atoms with E-state index >= 15 is 0 Å². The average molecular weight is 671 g/mol. The van der Waals surface area contributed by atoms with E-state index in [1.165, 1.54) is 24.1 Å². The van der Waals surface area contributed by atoms with Gasteiger partial charge in [-0.25, -0.2) is 13.1 Å². The SMILES string of the molecule is C=CC[C@@H](O)[C@@H](C)S(=O)(=O)NC(=O)c1ccc2c(c1)N(C[C@@H]1CC[C@H]1[C@@H](O)/C=C/CCC)C[C@@]1(CCCc3cc(Cl)ccc31)CO2. The molecule has 1 fully saturated rings. The van der Waals surface area contributed by atoms with Crippen molar-refractivity contribution in [3.63, 3.8) is 0 Å². The molecule has 1 aliphatic heterocycles. The number of aliphatic hydroxyl groups is 2. The van der Waals surface area contributed by atoms with Crippen molar-refractivity contribution in [2.45, 2.75) is 88.1 Å². The third-order valence-corrected chi connectivity index (χ3v) is 12.1. The second kappa shape index (κ2) is 14.5. The Morgan fingerprint density at radius 1 is 1.24 bits per heavy atom. The minimum absolute atomic E-state index is 0.0871. The van der Waals surface area contributed by atoms with Crippen molar-refractivity contribution in [2.24, 2.45) is 11.8 Å². The number of carbonyl (C=O) groups is 1. The fraction of sp³-hybridized carbons (Fsp3) is 0.528. The van der Waals surface area contributed by atoms with Crippen LogP contribution in [0.15, 0.2) is 61.2 Å². The van der Waals surface area contributed by atoms with Crippen LogP contribution < -0.4 is 14.4 Å². The fourth-order valence-electron chi connectivity index (χ4n) is 7.20. The van der Waals surface area contributed by atoms with Crippen LogP contribution in [0.3, 0.4) is 0 Å². The highest BCUT2D eigenvalue weighted by atomic mass is 35.5. The molecule has 0 radical (unpaired) electrons. The van der Waals surface area contributed by atoms with Crippen LogP contribution in [0.4, 0.5) is 5.69 Å².